The Hall–Kier alpha value is -3.40. The van der Waals surface area contributed by atoms with Gasteiger partial charge in [-0.25, -0.2) is 17.6 Å². The van der Waals surface area contributed by atoms with Gasteiger partial charge in [0.25, 0.3) is 0 Å². The minimum absolute atomic E-state index is 0.0557. The summed E-state index contributed by atoms with van der Waals surface area (Å²) in [7, 11) is 0. The summed E-state index contributed by atoms with van der Waals surface area (Å²) in [6.45, 7) is 0. The van der Waals surface area contributed by atoms with Crippen LogP contribution in [0.25, 0.3) is 33.4 Å². The lowest BCUT2D eigenvalue weighted by atomic mass is 9.97. The number of hydrogen-bond acceptors (Lipinski definition) is 0. The Balaban J connectivity index is 1.71. The summed E-state index contributed by atoms with van der Waals surface area (Å²) >= 11 is 0. The normalized spacial score (nSPS) is 10.9. The van der Waals surface area contributed by atoms with E-state index in [0.717, 1.165) is 29.3 Å². The van der Waals surface area contributed by atoms with Gasteiger partial charge in [-0.05, 0) is 52.1 Å². The molecular weight excluding hydrogens is 364 g/mol. The second kappa shape index (κ2) is 7.31. The highest BCUT2D eigenvalue weighted by Crippen LogP contribution is 2.32. The monoisotopic (exact) mass is 378 g/mol. The summed E-state index contributed by atoms with van der Waals surface area (Å²) in [6.07, 6.45) is 0. The first-order valence-electron chi connectivity index (χ1n) is 8.63. The number of halogens is 4. The predicted octanol–water partition coefficient (Wildman–Crippen LogP) is 7.24. The second-order valence-corrected chi connectivity index (χ2v) is 6.39. The van der Waals surface area contributed by atoms with E-state index in [1.54, 1.807) is 12.1 Å². The summed E-state index contributed by atoms with van der Waals surface area (Å²) in [4.78, 5) is 0. The van der Waals surface area contributed by atoms with Gasteiger partial charge in [0.15, 0.2) is 11.6 Å². The van der Waals surface area contributed by atoms with Crippen LogP contribution in [0, 0.1) is 23.3 Å². The van der Waals surface area contributed by atoms with Crippen LogP contribution in [-0.4, -0.2) is 0 Å². The molecule has 4 heteroatoms. The van der Waals surface area contributed by atoms with E-state index in [-0.39, 0.29) is 11.1 Å². The topological polar surface area (TPSA) is 0 Å². The summed E-state index contributed by atoms with van der Waals surface area (Å²) in [5.41, 5.74) is 2.60. The SMILES string of the molecule is Fc1ccc(-c2c(F)cc(-c3ccc(-c4ccccc4)cc3)cc2F)cc1F. The minimum atomic E-state index is -1.16. The van der Waals surface area contributed by atoms with E-state index in [1.807, 2.05) is 42.5 Å². The average molecular weight is 378 g/mol. The summed E-state index contributed by atoms with van der Waals surface area (Å²) in [6, 6.07) is 22.2. The molecule has 0 N–H and O–H groups in total. The van der Waals surface area contributed by atoms with Crippen molar-refractivity contribution in [1.29, 1.82) is 0 Å². The van der Waals surface area contributed by atoms with E-state index in [4.69, 9.17) is 0 Å². The van der Waals surface area contributed by atoms with Crippen molar-refractivity contribution in [1.82, 2.24) is 0 Å². The van der Waals surface area contributed by atoms with Crippen LogP contribution < -0.4 is 0 Å². The maximum atomic E-state index is 14.6. The van der Waals surface area contributed by atoms with Crippen LogP contribution in [0.15, 0.2) is 84.9 Å². The number of hydrogen-bond donors (Lipinski definition) is 0. The summed E-state index contributed by atoms with van der Waals surface area (Å²) in [5, 5.41) is 0. The molecule has 0 aliphatic rings. The van der Waals surface area contributed by atoms with E-state index >= 15 is 0 Å². The van der Waals surface area contributed by atoms with Crippen molar-refractivity contribution in [2.24, 2.45) is 0 Å². The molecule has 0 unspecified atom stereocenters. The second-order valence-electron chi connectivity index (χ2n) is 6.39. The Bertz CT molecular complexity index is 1110. The molecule has 0 heterocycles. The fourth-order valence-electron chi connectivity index (χ4n) is 3.15. The zero-order valence-corrected chi connectivity index (χ0v) is 14.6. The molecule has 0 spiro atoms. The Morgan fingerprint density at radius 1 is 0.357 bits per heavy atom. The molecule has 0 nitrogen and oxygen atoms in total. The Morgan fingerprint density at radius 2 is 0.821 bits per heavy atom. The number of rotatable bonds is 3. The van der Waals surface area contributed by atoms with Crippen LogP contribution in [0.4, 0.5) is 17.6 Å². The fraction of sp³-hybridized carbons (Fsp3) is 0. The van der Waals surface area contributed by atoms with Crippen molar-refractivity contribution < 1.29 is 17.6 Å². The van der Waals surface area contributed by atoms with Crippen LogP contribution in [-0.2, 0) is 0 Å². The smallest absolute Gasteiger partial charge is 0.159 e. The molecule has 28 heavy (non-hydrogen) atoms. The zero-order chi connectivity index (χ0) is 19.7. The lowest BCUT2D eigenvalue weighted by Crippen LogP contribution is -1.94. The molecule has 0 aromatic heterocycles. The van der Waals surface area contributed by atoms with E-state index in [1.165, 1.54) is 12.1 Å². The van der Waals surface area contributed by atoms with Crippen molar-refractivity contribution in [3.8, 4) is 33.4 Å². The van der Waals surface area contributed by atoms with Crippen molar-refractivity contribution in [2.45, 2.75) is 0 Å². The fourth-order valence-corrected chi connectivity index (χ4v) is 3.15. The first-order chi connectivity index (χ1) is 13.5. The Labute approximate surface area is 159 Å². The quantitative estimate of drug-likeness (QED) is 0.330. The first-order valence-corrected chi connectivity index (χ1v) is 8.63. The largest absolute Gasteiger partial charge is 0.206 e. The van der Waals surface area contributed by atoms with Crippen molar-refractivity contribution in [3.63, 3.8) is 0 Å². The molecule has 0 aliphatic heterocycles. The van der Waals surface area contributed by atoms with Gasteiger partial charge in [-0.2, -0.15) is 0 Å². The van der Waals surface area contributed by atoms with Gasteiger partial charge >= 0.3 is 0 Å². The molecule has 4 rings (SSSR count). The van der Waals surface area contributed by atoms with E-state index in [0.29, 0.717) is 11.1 Å². The first kappa shape index (κ1) is 18.0. The standard InChI is InChI=1S/C24H14F4/c25-20-11-10-18(12-21(20)26)24-22(27)13-19(14-23(24)28)17-8-6-16(7-9-17)15-4-2-1-3-5-15/h1-14H. The third-order valence-corrected chi connectivity index (χ3v) is 4.58. The highest BCUT2D eigenvalue weighted by molar-refractivity contribution is 5.74. The van der Waals surface area contributed by atoms with Crippen molar-refractivity contribution in [3.05, 3.63) is 108 Å². The van der Waals surface area contributed by atoms with Gasteiger partial charge in [0.2, 0.25) is 0 Å². The maximum Gasteiger partial charge on any atom is 0.159 e. The van der Waals surface area contributed by atoms with Gasteiger partial charge in [-0.15, -0.1) is 0 Å². The van der Waals surface area contributed by atoms with E-state index in [9.17, 15) is 17.6 Å². The molecule has 4 aromatic rings. The van der Waals surface area contributed by atoms with Crippen LogP contribution in [0.1, 0.15) is 0 Å². The molecule has 0 saturated carbocycles. The van der Waals surface area contributed by atoms with Gasteiger partial charge in [-0.1, -0.05) is 60.7 Å². The van der Waals surface area contributed by atoms with Gasteiger partial charge < -0.3 is 0 Å². The zero-order valence-electron chi connectivity index (χ0n) is 14.6. The van der Waals surface area contributed by atoms with Crippen LogP contribution in [0.5, 0.6) is 0 Å². The van der Waals surface area contributed by atoms with Crippen LogP contribution in [0.2, 0.25) is 0 Å². The average Bonchev–Trinajstić information content (AvgIpc) is 2.71. The molecule has 0 atom stereocenters. The summed E-state index contributed by atoms with van der Waals surface area (Å²) in [5.74, 6) is -3.90. The molecular formula is C24H14F4. The Kier molecular flexibility index (Phi) is 4.70. The van der Waals surface area contributed by atoms with E-state index in [2.05, 4.69) is 0 Å². The highest BCUT2D eigenvalue weighted by Gasteiger charge is 2.16. The lowest BCUT2D eigenvalue weighted by molar-refractivity contribution is 0.508. The van der Waals surface area contributed by atoms with Gasteiger partial charge in [0, 0.05) is 0 Å². The van der Waals surface area contributed by atoms with Crippen LogP contribution in [0.3, 0.4) is 0 Å². The molecule has 4 aromatic carbocycles. The lowest BCUT2D eigenvalue weighted by Gasteiger charge is -2.10. The third-order valence-electron chi connectivity index (χ3n) is 4.58. The molecule has 0 fully saturated rings. The molecule has 138 valence electrons. The van der Waals surface area contributed by atoms with Gasteiger partial charge in [-0.3, -0.25) is 0 Å². The molecule has 0 bridgehead atoms. The van der Waals surface area contributed by atoms with Crippen molar-refractivity contribution in [2.75, 3.05) is 0 Å². The molecule has 0 radical (unpaired) electrons. The Morgan fingerprint density at radius 3 is 1.39 bits per heavy atom. The molecule has 0 amide bonds. The molecule has 0 aliphatic carbocycles. The van der Waals surface area contributed by atoms with E-state index < -0.39 is 23.3 Å². The predicted molar refractivity (Wildman–Crippen MR) is 103 cm³/mol. The maximum absolute atomic E-state index is 14.6. The minimum Gasteiger partial charge on any atom is -0.206 e. The van der Waals surface area contributed by atoms with Gasteiger partial charge in [0.1, 0.15) is 11.6 Å². The molecule has 0 saturated heterocycles. The van der Waals surface area contributed by atoms with Crippen molar-refractivity contribution >= 4 is 0 Å². The number of benzene rings is 4. The van der Waals surface area contributed by atoms with Gasteiger partial charge in [0.05, 0.1) is 5.56 Å². The third kappa shape index (κ3) is 3.41. The summed E-state index contributed by atoms with van der Waals surface area (Å²) < 4.78 is 55.7. The highest BCUT2D eigenvalue weighted by atomic mass is 19.2. The van der Waals surface area contributed by atoms with Crippen LogP contribution >= 0.6 is 0 Å².